The predicted molar refractivity (Wildman–Crippen MR) is 112 cm³/mol. The van der Waals surface area contributed by atoms with Gasteiger partial charge in [0.05, 0.1) is 35.9 Å². The van der Waals surface area contributed by atoms with Crippen molar-refractivity contribution in [1.82, 2.24) is 19.4 Å². The fourth-order valence-corrected chi connectivity index (χ4v) is 3.24. The molecular weight excluding hydrogens is 393 g/mol. The molecule has 0 atom stereocenters. The van der Waals surface area contributed by atoms with Crippen LogP contribution in [0, 0.1) is 5.82 Å². The smallest absolute Gasteiger partial charge is 0.227 e. The van der Waals surface area contributed by atoms with E-state index in [0.29, 0.717) is 34.0 Å². The lowest BCUT2D eigenvalue weighted by Gasteiger charge is -2.14. The van der Waals surface area contributed by atoms with Crippen LogP contribution >= 0.6 is 11.6 Å². The standard InChI is InChI=1S/C21H19ClFN5O/c1-12(2)13-6-7-16(18(9-13)29-3)26-21-25-10-14(22)19(27-21)17-11-24-20-15(23)5-4-8-28(17)20/h4-12H,1-3H3,(H,25,26,27). The van der Waals surface area contributed by atoms with Gasteiger partial charge < -0.3 is 10.1 Å². The van der Waals surface area contributed by atoms with E-state index in [1.807, 2.05) is 18.2 Å². The monoisotopic (exact) mass is 411 g/mol. The molecule has 4 aromatic rings. The Bertz CT molecular complexity index is 1190. The maximum atomic E-state index is 14.0. The minimum atomic E-state index is -0.419. The number of pyridine rings is 1. The molecule has 0 spiro atoms. The SMILES string of the molecule is COc1cc(C(C)C)ccc1Nc1ncc(Cl)c(-c2cnc3c(F)cccn23)n1. The Kier molecular flexibility index (Phi) is 5.07. The molecule has 0 unspecified atom stereocenters. The molecule has 0 radical (unpaired) electrons. The molecule has 29 heavy (non-hydrogen) atoms. The zero-order valence-electron chi connectivity index (χ0n) is 16.1. The van der Waals surface area contributed by atoms with Crippen molar-refractivity contribution in [2.24, 2.45) is 0 Å². The number of imidazole rings is 1. The molecule has 148 valence electrons. The summed E-state index contributed by atoms with van der Waals surface area (Å²) in [7, 11) is 1.62. The molecule has 4 rings (SSSR count). The van der Waals surface area contributed by atoms with E-state index in [1.165, 1.54) is 18.5 Å². The van der Waals surface area contributed by atoms with E-state index in [2.05, 4.69) is 34.1 Å². The van der Waals surface area contributed by atoms with Gasteiger partial charge in [0.2, 0.25) is 5.95 Å². The number of fused-ring (bicyclic) bond motifs is 1. The van der Waals surface area contributed by atoms with Crippen LogP contribution in [-0.2, 0) is 0 Å². The molecule has 8 heteroatoms. The predicted octanol–water partition coefficient (Wildman–Crippen LogP) is 5.46. The van der Waals surface area contributed by atoms with Crippen molar-refractivity contribution < 1.29 is 9.13 Å². The van der Waals surface area contributed by atoms with Gasteiger partial charge in [-0.3, -0.25) is 4.40 Å². The minimum absolute atomic E-state index is 0.206. The molecule has 0 fully saturated rings. The highest BCUT2D eigenvalue weighted by Crippen LogP contribution is 2.32. The molecule has 0 aliphatic carbocycles. The molecule has 0 aliphatic heterocycles. The number of rotatable bonds is 5. The fraction of sp³-hybridized carbons (Fsp3) is 0.190. The van der Waals surface area contributed by atoms with E-state index in [1.54, 1.807) is 23.8 Å². The molecule has 3 aromatic heterocycles. The number of ether oxygens (including phenoxy) is 1. The third-order valence-electron chi connectivity index (χ3n) is 4.61. The number of benzene rings is 1. The number of hydrogen-bond donors (Lipinski definition) is 1. The second-order valence-electron chi connectivity index (χ2n) is 6.82. The zero-order valence-corrected chi connectivity index (χ0v) is 16.9. The summed E-state index contributed by atoms with van der Waals surface area (Å²) in [5.74, 6) is 0.989. The second-order valence-corrected chi connectivity index (χ2v) is 7.23. The Labute approximate surface area is 172 Å². The first kappa shape index (κ1) is 19.1. The van der Waals surface area contributed by atoms with Gasteiger partial charge in [0.25, 0.3) is 0 Å². The first-order chi connectivity index (χ1) is 14.0. The van der Waals surface area contributed by atoms with Crippen LogP contribution in [0.1, 0.15) is 25.3 Å². The summed E-state index contributed by atoms with van der Waals surface area (Å²) in [4.78, 5) is 12.9. The summed E-state index contributed by atoms with van der Waals surface area (Å²) in [6, 6.07) is 8.89. The lowest BCUT2D eigenvalue weighted by atomic mass is 10.0. The number of aromatic nitrogens is 4. The largest absolute Gasteiger partial charge is 0.495 e. The normalized spacial score (nSPS) is 11.2. The van der Waals surface area contributed by atoms with Crippen LogP contribution in [0.2, 0.25) is 5.02 Å². The van der Waals surface area contributed by atoms with E-state index < -0.39 is 5.82 Å². The van der Waals surface area contributed by atoms with Crippen molar-refractivity contribution in [2.75, 3.05) is 12.4 Å². The Morgan fingerprint density at radius 1 is 1.17 bits per heavy atom. The number of hydrogen-bond acceptors (Lipinski definition) is 5. The molecular formula is C21H19ClFN5O. The third kappa shape index (κ3) is 3.61. The third-order valence-corrected chi connectivity index (χ3v) is 4.89. The Hall–Kier alpha value is -3.19. The van der Waals surface area contributed by atoms with Gasteiger partial charge >= 0.3 is 0 Å². The maximum Gasteiger partial charge on any atom is 0.227 e. The minimum Gasteiger partial charge on any atom is -0.495 e. The summed E-state index contributed by atoms with van der Waals surface area (Å²) < 4.78 is 21.1. The second kappa shape index (κ2) is 7.67. The van der Waals surface area contributed by atoms with Gasteiger partial charge in [0.15, 0.2) is 11.5 Å². The molecule has 1 aromatic carbocycles. The van der Waals surface area contributed by atoms with Gasteiger partial charge in [-0.2, -0.15) is 0 Å². The first-order valence-electron chi connectivity index (χ1n) is 9.07. The van der Waals surface area contributed by atoms with Crippen molar-refractivity contribution in [3.8, 4) is 17.1 Å². The molecule has 6 nitrogen and oxygen atoms in total. The number of halogens is 2. The van der Waals surface area contributed by atoms with E-state index in [-0.39, 0.29) is 5.65 Å². The van der Waals surface area contributed by atoms with Gasteiger partial charge in [-0.25, -0.2) is 19.3 Å². The molecule has 3 heterocycles. The molecule has 1 N–H and O–H groups in total. The van der Waals surface area contributed by atoms with Crippen LogP contribution < -0.4 is 10.1 Å². The van der Waals surface area contributed by atoms with Crippen LogP contribution in [0.3, 0.4) is 0 Å². The van der Waals surface area contributed by atoms with Gasteiger partial charge in [0.1, 0.15) is 11.4 Å². The molecule has 0 bridgehead atoms. The van der Waals surface area contributed by atoms with Gasteiger partial charge in [-0.15, -0.1) is 0 Å². The average molecular weight is 412 g/mol. The zero-order chi connectivity index (χ0) is 20.5. The lowest BCUT2D eigenvalue weighted by Crippen LogP contribution is -2.02. The highest BCUT2D eigenvalue weighted by Gasteiger charge is 2.16. The van der Waals surface area contributed by atoms with Crippen molar-refractivity contribution >= 4 is 28.9 Å². The molecule has 0 amide bonds. The lowest BCUT2D eigenvalue weighted by molar-refractivity contribution is 0.416. The first-order valence-corrected chi connectivity index (χ1v) is 9.45. The maximum absolute atomic E-state index is 14.0. The van der Waals surface area contributed by atoms with E-state index in [0.717, 1.165) is 11.3 Å². The number of nitrogens with zero attached hydrogens (tertiary/aromatic N) is 4. The molecule has 0 aliphatic rings. The number of methoxy groups -OCH3 is 1. The topological polar surface area (TPSA) is 64.3 Å². The van der Waals surface area contributed by atoms with E-state index in [4.69, 9.17) is 16.3 Å². The van der Waals surface area contributed by atoms with Crippen molar-refractivity contribution in [3.63, 3.8) is 0 Å². The quantitative estimate of drug-likeness (QED) is 0.472. The Morgan fingerprint density at radius 3 is 2.76 bits per heavy atom. The van der Waals surface area contributed by atoms with Crippen LogP contribution in [-0.4, -0.2) is 26.5 Å². The summed E-state index contributed by atoms with van der Waals surface area (Å²) in [6.07, 6.45) is 4.74. The summed E-state index contributed by atoms with van der Waals surface area (Å²) in [5.41, 5.74) is 3.11. The van der Waals surface area contributed by atoms with Crippen LogP contribution in [0.15, 0.2) is 48.9 Å². The Morgan fingerprint density at radius 2 is 2.00 bits per heavy atom. The van der Waals surface area contributed by atoms with Crippen molar-refractivity contribution in [2.45, 2.75) is 19.8 Å². The summed E-state index contributed by atoms with van der Waals surface area (Å²) >= 11 is 6.33. The fourth-order valence-electron chi connectivity index (χ4n) is 3.05. The highest BCUT2D eigenvalue weighted by atomic mass is 35.5. The van der Waals surface area contributed by atoms with Crippen LogP contribution in [0.5, 0.6) is 5.75 Å². The van der Waals surface area contributed by atoms with Gasteiger partial charge in [-0.05, 0) is 35.7 Å². The number of anilines is 2. The summed E-state index contributed by atoms with van der Waals surface area (Å²) in [5, 5.41) is 3.51. The van der Waals surface area contributed by atoms with Crippen LogP contribution in [0.4, 0.5) is 16.0 Å². The van der Waals surface area contributed by atoms with E-state index in [9.17, 15) is 4.39 Å². The Balaban J connectivity index is 1.73. The summed E-state index contributed by atoms with van der Waals surface area (Å²) in [6.45, 7) is 4.24. The molecule has 0 saturated heterocycles. The highest BCUT2D eigenvalue weighted by molar-refractivity contribution is 6.32. The number of nitrogens with one attached hydrogen (secondary N) is 1. The molecule has 0 saturated carbocycles. The average Bonchev–Trinajstić information content (AvgIpc) is 3.15. The van der Waals surface area contributed by atoms with Gasteiger partial charge in [-0.1, -0.05) is 31.5 Å². The van der Waals surface area contributed by atoms with Crippen molar-refractivity contribution in [1.29, 1.82) is 0 Å². The van der Waals surface area contributed by atoms with Crippen LogP contribution in [0.25, 0.3) is 17.0 Å². The van der Waals surface area contributed by atoms with Crippen molar-refractivity contribution in [3.05, 3.63) is 65.3 Å². The van der Waals surface area contributed by atoms with E-state index >= 15 is 0 Å². The van der Waals surface area contributed by atoms with Gasteiger partial charge in [0, 0.05) is 6.20 Å².